The van der Waals surface area contributed by atoms with E-state index < -0.39 is 0 Å². The van der Waals surface area contributed by atoms with Gasteiger partial charge in [0.1, 0.15) is 0 Å². The highest BCUT2D eigenvalue weighted by Crippen LogP contribution is 2.08. The predicted molar refractivity (Wildman–Crippen MR) is 80.1 cm³/mol. The summed E-state index contributed by atoms with van der Waals surface area (Å²) in [6.07, 6.45) is 1.29. The summed E-state index contributed by atoms with van der Waals surface area (Å²) in [6.45, 7) is 18.7. The van der Waals surface area contributed by atoms with Crippen molar-refractivity contribution in [1.82, 2.24) is 15.1 Å². The minimum Gasteiger partial charge on any atom is -0.315 e. The second-order valence-electron chi connectivity index (χ2n) is 6.40. The van der Waals surface area contributed by atoms with Gasteiger partial charge in [-0.15, -0.1) is 0 Å². The van der Waals surface area contributed by atoms with E-state index in [2.05, 4.69) is 49.7 Å². The van der Waals surface area contributed by atoms with Gasteiger partial charge in [-0.3, -0.25) is 9.80 Å². The largest absolute Gasteiger partial charge is 0.315 e. The van der Waals surface area contributed by atoms with E-state index in [1.165, 1.54) is 32.6 Å². The molecule has 0 aromatic heterocycles. The fraction of sp³-hybridized carbons (Fsp3) is 1.00. The minimum atomic E-state index is 0.673. The smallest absolute Gasteiger partial charge is 0.0193 e. The fourth-order valence-corrected chi connectivity index (χ4v) is 2.53. The standard InChI is InChI=1S/C15H33N3/c1-13(2)6-7-16-12-15(5)18-10-8-17(9-11-18)14(3)4/h13-16H,6-12H2,1-5H3. The molecule has 18 heavy (non-hydrogen) atoms. The van der Waals surface area contributed by atoms with Crippen molar-refractivity contribution in [3.8, 4) is 0 Å². The summed E-state index contributed by atoms with van der Waals surface area (Å²) in [5, 5.41) is 3.59. The zero-order valence-electron chi connectivity index (χ0n) is 13.1. The Kier molecular flexibility index (Phi) is 7.20. The number of rotatable bonds is 7. The third-order valence-corrected chi connectivity index (χ3v) is 4.04. The van der Waals surface area contributed by atoms with Crippen molar-refractivity contribution in [2.45, 2.75) is 53.1 Å². The van der Waals surface area contributed by atoms with Crippen LogP contribution in [0.15, 0.2) is 0 Å². The Balaban J connectivity index is 2.14. The molecule has 3 nitrogen and oxygen atoms in total. The Morgan fingerprint density at radius 2 is 1.44 bits per heavy atom. The van der Waals surface area contributed by atoms with Gasteiger partial charge in [0.15, 0.2) is 0 Å². The van der Waals surface area contributed by atoms with E-state index >= 15 is 0 Å². The number of hydrogen-bond acceptors (Lipinski definition) is 3. The van der Waals surface area contributed by atoms with Crippen molar-refractivity contribution in [3.63, 3.8) is 0 Å². The average Bonchev–Trinajstić information content (AvgIpc) is 2.34. The highest BCUT2D eigenvalue weighted by atomic mass is 15.3. The van der Waals surface area contributed by atoms with E-state index in [1.54, 1.807) is 0 Å². The molecule has 1 rings (SSSR count). The molecule has 0 aromatic rings. The minimum absolute atomic E-state index is 0.673. The van der Waals surface area contributed by atoms with Crippen molar-refractivity contribution in [2.24, 2.45) is 5.92 Å². The van der Waals surface area contributed by atoms with Gasteiger partial charge in [-0.05, 0) is 39.7 Å². The van der Waals surface area contributed by atoms with Gasteiger partial charge in [0.25, 0.3) is 0 Å². The molecule has 0 aliphatic carbocycles. The molecular weight excluding hydrogens is 222 g/mol. The highest BCUT2D eigenvalue weighted by Gasteiger charge is 2.21. The van der Waals surface area contributed by atoms with Gasteiger partial charge >= 0.3 is 0 Å². The van der Waals surface area contributed by atoms with Crippen molar-refractivity contribution < 1.29 is 0 Å². The molecule has 3 heteroatoms. The van der Waals surface area contributed by atoms with E-state index in [4.69, 9.17) is 0 Å². The van der Waals surface area contributed by atoms with E-state index in [0.717, 1.165) is 19.0 Å². The highest BCUT2D eigenvalue weighted by molar-refractivity contribution is 4.78. The topological polar surface area (TPSA) is 18.5 Å². The molecule has 0 radical (unpaired) electrons. The zero-order chi connectivity index (χ0) is 13.5. The number of nitrogens with one attached hydrogen (secondary N) is 1. The van der Waals surface area contributed by atoms with Gasteiger partial charge in [0, 0.05) is 44.8 Å². The Morgan fingerprint density at radius 3 is 1.94 bits per heavy atom. The lowest BCUT2D eigenvalue weighted by Crippen LogP contribution is -2.53. The van der Waals surface area contributed by atoms with Crippen molar-refractivity contribution in [1.29, 1.82) is 0 Å². The second-order valence-corrected chi connectivity index (χ2v) is 6.40. The van der Waals surface area contributed by atoms with Crippen molar-refractivity contribution in [2.75, 3.05) is 39.3 Å². The van der Waals surface area contributed by atoms with E-state index in [9.17, 15) is 0 Å². The molecule has 0 spiro atoms. The maximum Gasteiger partial charge on any atom is 0.0193 e. The first-order chi connectivity index (χ1) is 8.50. The molecule has 0 saturated carbocycles. The van der Waals surface area contributed by atoms with Crippen molar-refractivity contribution >= 4 is 0 Å². The lowest BCUT2D eigenvalue weighted by molar-refractivity contribution is 0.0831. The van der Waals surface area contributed by atoms with Crippen LogP contribution >= 0.6 is 0 Å². The Hall–Kier alpha value is -0.120. The second kappa shape index (κ2) is 8.13. The van der Waals surface area contributed by atoms with E-state index in [-0.39, 0.29) is 0 Å². The molecular formula is C15H33N3. The van der Waals surface area contributed by atoms with Gasteiger partial charge < -0.3 is 5.32 Å². The fourth-order valence-electron chi connectivity index (χ4n) is 2.53. The molecule has 1 heterocycles. The quantitative estimate of drug-likeness (QED) is 0.702. The van der Waals surface area contributed by atoms with Crippen molar-refractivity contribution in [3.05, 3.63) is 0 Å². The van der Waals surface area contributed by atoms with Crippen LogP contribution in [0.3, 0.4) is 0 Å². The summed E-state index contributed by atoms with van der Waals surface area (Å²) in [7, 11) is 0. The molecule has 1 saturated heterocycles. The molecule has 0 bridgehead atoms. The molecule has 108 valence electrons. The number of hydrogen-bond donors (Lipinski definition) is 1. The first kappa shape index (κ1) is 15.9. The number of piperazine rings is 1. The molecule has 0 amide bonds. The third-order valence-electron chi connectivity index (χ3n) is 4.04. The van der Waals surface area contributed by atoms with Gasteiger partial charge in [-0.1, -0.05) is 13.8 Å². The zero-order valence-corrected chi connectivity index (χ0v) is 13.1. The summed E-state index contributed by atoms with van der Waals surface area (Å²) in [6, 6.07) is 1.37. The summed E-state index contributed by atoms with van der Waals surface area (Å²) in [5.74, 6) is 0.808. The van der Waals surface area contributed by atoms with E-state index in [0.29, 0.717) is 12.1 Å². The SMILES string of the molecule is CC(C)CCNCC(C)N1CCN(C(C)C)CC1. The molecule has 1 aliphatic rings. The number of nitrogens with zero attached hydrogens (tertiary/aromatic N) is 2. The average molecular weight is 255 g/mol. The molecule has 0 aromatic carbocycles. The Bertz CT molecular complexity index is 208. The van der Waals surface area contributed by atoms with E-state index in [1.807, 2.05) is 0 Å². The summed E-state index contributed by atoms with van der Waals surface area (Å²) < 4.78 is 0. The monoisotopic (exact) mass is 255 g/mol. The first-order valence-electron chi connectivity index (χ1n) is 7.69. The van der Waals surface area contributed by atoms with Crippen LogP contribution in [-0.2, 0) is 0 Å². The third kappa shape index (κ3) is 5.68. The normalized spacial score (nSPS) is 20.8. The van der Waals surface area contributed by atoms with Crippen LogP contribution in [0, 0.1) is 5.92 Å². The van der Waals surface area contributed by atoms with Crippen LogP contribution in [-0.4, -0.2) is 61.2 Å². The molecule has 1 unspecified atom stereocenters. The van der Waals surface area contributed by atoms with Gasteiger partial charge in [-0.25, -0.2) is 0 Å². The van der Waals surface area contributed by atoms with Gasteiger partial charge in [-0.2, -0.15) is 0 Å². The van der Waals surface area contributed by atoms with Crippen LogP contribution in [0.2, 0.25) is 0 Å². The Labute approximate surface area is 114 Å². The summed E-state index contributed by atoms with van der Waals surface area (Å²) in [4.78, 5) is 5.21. The summed E-state index contributed by atoms with van der Waals surface area (Å²) in [5.41, 5.74) is 0. The Morgan fingerprint density at radius 1 is 0.889 bits per heavy atom. The predicted octanol–water partition coefficient (Wildman–Crippen LogP) is 2.04. The maximum absolute atomic E-state index is 3.59. The first-order valence-corrected chi connectivity index (χ1v) is 7.69. The maximum atomic E-state index is 3.59. The van der Waals surface area contributed by atoms with Crippen LogP contribution in [0.4, 0.5) is 0 Å². The molecule has 1 fully saturated rings. The van der Waals surface area contributed by atoms with Crippen LogP contribution in [0.5, 0.6) is 0 Å². The van der Waals surface area contributed by atoms with Gasteiger partial charge in [0.2, 0.25) is 0 Å². The molecule has 1 N–H and O–H groups in total. The molecule has 1 aliphatic heterocycles. The van der Waals surface area contributed by atoms with Crippen LogP contribution in [0.25, 0.3) is 0 Å². The van der Waals surface area contributed by atoms with Crippen LogP contribution < -0.4 is 5.32 Å². The summed E-state index contributed by atoms with van der Waals surface area (Å²) >= 11 is 0. The van der Waals surface area contributed by atoms with Crippen LogP contribution in [0.1, 0.15) is 41.0 Å². The van der Waals surface area contributed by atoms with Gasteiger partial charge in [0.05, 0.1) is 0 Å². The lowest BCUT2D eigenvalue weighted by Gasteiger charge is -2.39. The lowest BCUT2D eigenvalue weighted by atomic mass is 10.1. The molecule has 1 atom stereocenters.